The van der Waals surface area contributed by atoms with Crippen molar-refractivity contribution in [2.24, 2.45) is 5.73 Å². The molecule has 2 aromatic carbocycles. The van der Waals surface area contributed by atoms with Gasteiger partial charge in [-0.05, 0) is 19.1 Å². The number of carbonyl (C=O) groups excluding carboxylic acids is 2. The quantitative estimate of drug-likeness (QED) is 0.676. The predicted molar refractivity (Wildman–Crippen MR) is 80.2 cm³/mol. The van der Waals surface area contributed by atoms with Crippen LogP contribution in [0.3, 0.4) is 0 Å². The average Bonchev–Trinajstić information content (AvgIpc) is 2.53. The van der Waals surface area contributed by atoms with Crippen molar-refractivity contribution < 1.29 is 14.3 Å². The van der Waals surface area contributed by atoms with Crippen LogP contribution in [0.25, 0.3) is 0 Å². The van der Waals surface area contributed by atoms with Crippen LogP contribution in [-0.2, 0) is 4.74 Å². The molecule has 1 unspecified atom stereocenters. The highest BCUT2D eigenvalue weighted by atomic mass is 16.5. The second kappa shape index (κ2) is 6.81. The molecule has 0 aliphatic carbocycles. The first-order valence-corrected chi connectivity index (χ1v) is 6.70. The second-order valence-electron chi connectivity index (χ2n) is 4.85. The van der Waals surface area contributed by atoms with Gasteiger partial charge in [0.15, 0.2) is 5.78 Å². The summed E-state index contributed by atoms with van der Waals surface area (Å²) in [6, 6.07) is 15.2. The average molecular weight is 283 g/mol. The maximum atomic E-state index is 12.2. The monoisotopic (exact) mass is 283 g/mol. The van der Waals surface area contributed by atoms with Gasteiger partial charge in [0.25, 0.3) is 0 Å². The Morgan fingerprint density at radius 1 is 0.952 bits per heavy atom. The molecule has 0 aliphatic rings. The van der Waals surface area contributed by atoms with E-state index in [0.29, 0.717) is 16.7 Å². The molecule has 4 nitrogen and oxygen atoms in total. The van der Waals surface area contributed by atoms with Crippen molar-refractivity contribution in [1.29, 1.82) is 0 Å². The number of hydrogen-bond acceptors (Lipinski definition) is 4. The first-order valence-electron chi connectivity index (χ1n) is 6.70. The largest absolute Gasteiger partial charge is 0.460 e. The summed E-state index contributed by atoms with van der Waals surface area (Å²) in [5, 5.41) is 0. The number of ether oxygens (including phenoxy) is 1. The van der Waals surface area contributed by atoms with E-state index < -0.39 is 5.97 Å². The van der Waals surface area contributed by atoms with Gasteiger partial charge in [-0.3, -0.25) is 4.79 Å². The third-order valence-corrected chi connectivity index (χ3v) is 2.90. The lowest BCUT2D eigenvalue weighted by molar-refractivity contribution is 0.0487. The molecule has 21 heavy (non-hydrogen) atoms. The highest BCUT2D eigenvalue weighted by molar-refractivity contribution is 6.09. The van der Waals surface area contributed by atoms with E-state index in [4.69, 9.17) is 10.5 Å². The van der Waals surface area contributed by atoms with E-state index in [2.05, 4.69) is 0 Å². The van der Waals surface area contributed by atoms with Gasteiger partial charge in [0.2, 0.25) is 0 Å². The fourth-order valence-corrected chi connectivity index (χ4v) is 1.80. The van der Waals surface area contributed by atoms with E-state index in [1.54, 1.807) is 43.3 Å². The minimum atomic E-state index is -0.439. The van der Waals surface area contributed by atoms with Crippen molar-refractivity contribution in [3.05, 3.63) is 71.3 Å². The molecule has 1 atom stereocenters. The molecule has 0 amide bonds. The summed E-state index contributed by atoms with van der Waals surface area (Å²) >= 11 is 0. The van der Waals surface area contributed by atoms with Crippen LogP contribution in [0.5, 0.6) is 0 Å². The first kappa shape index (κ1) is 14.9. The Hall–Kier alpha value is -2.46. The highest BCUT2D eigenvalue weighted by Crippen LogP contribution is 2.11. The molecule has 2 aromatic rings. The predicted octanol–water partition coefficient (Wildman–Crippen LogP) is 2.42. The molecule has 0 saturated heterocycles. The molecule has 0 bridgehead atoms. The summed E-state index contributed by atoms with van der Waals surface area (Å²) in [5.74, 6) is -0.517. The van der Waals surface area contributed by atoms with Gasteiger partial charge < -0.3 is 10.5 Å². The van der Waals surface area contributed by atoms with Crippen LogP contribution in [0, 0.1) is 0 Å². The molecule has 0 aliphatic heterocycles. The number of esters is 1. The van der Waals surface area contributed by atoms with Crippen molar-refractivity contribution in [1.82, 2.24) is 0 Å². The van der Waals surface area contributed by atoms with Crippen molar-refractivity contribution in [2.75, 3.05) is 6.61 Å². The minimum Gasteiger partial charge on any atom is -0.460 e. The van der Waals surface area contributed by atoms with E-state index in [-0.39, 0.29) is 18.4 Å². The van der Waals surface area contributed by atoms with E-state index in [0.717, 1.165) is 0 Å². The van der Waals surface area contributed by atoms with Crippen molar-refractivity contribution >= 4 is 11.8 Å². The fraction of sp³-hybridized carbons (Fsp3) is 0.176. The van der Waals surface area contributed by atoms with Gasteiger partial charge in [0.1, 0.15) is 6.61 Å². The van der Waals surface area contributed by atoms with Crippen LogP contribution in [0.4, 0.5) is 0 Å². The van der Waals surface area contributed by atoms with Crippen LogP contribution >= 0.6 is 0 Å². The number of benzene rings is 2. The lowest BCUT2D eigenvalue weighted by atomic mass is 10.0. The topological polar surface area (TPSA) is 69.4 Å². The Labute approximate surface area is 123 Å². The van der Waals surface area contributed by atoms with Crippen molar-refractivity contribution in [2.45, 2.75) is 13.0 Å². The summed E-state index contributed by atoms with van der Waals surface area (Å²) in [4.78, 5) is 23.9. The van der Waals surface area contributed by atoms with E-state index >= 15 is 0 Å². The molecule has 0 fully saturated rings. The standard InChI is InChI=1S/C17H17NO3/c1-12(18)11-21-17(20)15-9-7-14(8-10-15)16(19)13-5-3-2-4-6-13/h2-10,12H,11,18H2,1H3. The minimum absolute atomic E-state index is 0.0777. The maximum absolute atomic E-state index is 12.2. The van der Waals surface area contributed by atoms with Crippen LogP contribution in [-0.4, -0.2) is 24.4 Å². The summed E-state index contributed by atoms with van der Waals surface area (Å²) < 4.78 is 5.03. The van der Waals surface area contributed by atoms with Crippen LogP contribution in [0.2, 0.25) is 0 Å². The first-order chi connectivity index (χ1) is 10.1. The molecule has 0 aromatic heterocycles. The van der Waals surface area contributed by atoms with Crippen molar-refractivity contribution in [3.8, 4) is 0 Å². The number of carbonyl (C=O) groups is 2. The van der Waals surface area contributed by atoms with Crippen LogP contribution in [0.15, 0.2) is 54.6 Å². The number of rotatable bonds is 5. The normalized spacial score (nSPS) is 11.7. The molecule has 4 heteroatoms. The van der Waals surface area contributed by atoms with Gasteiger partial charge in [-0.2, -0.15) is 0 Å². The van der Waals surface area contributed by atoms with Crippen molar-refractivity contribution in [3.63, 3.8) is 0 Å². The van der Waals surface area contributed by atoms with Gasteiger partial charge in [0.05, 0.1) is 5.56 Å². The molecule has 2 rings (SSSR count). The number of hydrogen-bond donors (Lipinski definition) is 1. The molecule has 0 radical (unpaired) electrons. The van der Waals surface area contributed by atoms with Crippen LogP contribution in [0.1, 0.15) is 33.2 Å². The highest BCUT2D eigenvalue weighted by Gasteiger charge is 2.11. The summed E-state index contributed by atoms with van der Waals surface area (Å²) in [5.41, 5.74) is 7.08. The zero-order valence-corrected chi connectivity index (χ0v) is 11.8. The number of ketones is 1. The molecule has 0 saturated carbocycles. The molecular formula is C17H17NO3. The Morgan fingerprint density at radius 3 is 2.05 bits per heavy atom. The van der Waals surface area contributed by atoms with Gasteiger partial charge in [0, 0.05) is 17.2 Å². The van der Waals surface area contributed by atoms with E-state index in [1.807, 2.05) is 18.2 Å². The SMILES string of the molecule is CC(N)COC(=O)c1ccc(C(=O)c2ccccc2)cc1. The van der Waals surface area contributed by atoms with E-state index in [1.165, 1.54) is 0 Å². The Bertz CT molecular complexity index is 618. The Balaban J connectivity index is 2.09. The zero-order valence-electron chi connectivity index (χ0n) is 11.8. The smallest absolute Gasteiger partial charge is 0.338 e. The van der Waals surface area contributed by atoms with Gasteiger partial charge in [-0.1, -0.05) is 42.5 Å². The lowest BCUT2D eigenvalue weighted by Gasteiger charge is -2.07. The summed E-state index contributed by atoms with van der Waals surface area (Å²) in [7, 11) is 0. The van der Waals surface area contributed by atoms with Gasteiger partial charge in [-0.15, -0.1) is 0 Å². The molecular weight excluding hydrogens is 266 g/mol. The Morgan fingerprint density at radius 2 is 1.48 bits per heavy atom. The zero-order chi connectivity index (χ0) is 15.2. The summed E-state index contributed by atoms with van der Waals surface area (Å²) in [6.07, 6.45) is 0. The second-order valence-corrected chi connectivity index (χ2v) is 4.85. The lowest BCUT2D eigenvalue weighted by Crippen LogP contribution is -2.24. The van der Waals surface area contributed by atoms with Gasteiger partial charge >= 0.3 is 5.97 Å². The molecule has 0 heterocycles. The third kappa shape index (κ3) is 4.00. The maximum Gasteiger partial charge on any atom is 0.338 e. The third-order valence-electron chi connectivity index (χ3n) is 2.90. The van der Waals surface area contributed by atoms with Gasteiger partial charge in [-0.25, -0.2) is 4.79 Å². The molecule has 2 N–H and O–H groups in total. The summed E-state index contributed by atoms with van der Waals surface area (Å²) in [6.45, 7) is 1.93. The number of nitrogens with two attached hydrogens (primary N) is 1. The molecule has 108 valence electrons. The Kier molecular flexibility index (Phi) is 4.85. The fourth-order valence-electron chi connectivity index (χ4n) is 1.80. The van der Waals surface area contributed by atoms with Crippen LogP contribution < -0.4 is 5.73 Å². The van der Waals surface area contributed by atoms with E-state index in [9.17, 15) is 9.59 Å². The molecule has 0 spiro atoms.